The van der Waals surface area contributed by atoms with E-state index in [9.17, 15) is 14.7 Å². The van der Waals surface area contributed by atoms with Crippen LogP contribution in [-0.4, -0.2) is 72.7 Å². The first-order valence-corrected chi connectivity index (χ1v) is 9.68. The highest BCUT2D eigenvalue weighted by atomic mass is 16.5. The van der Waals surface area contributed by atoms with Crippen LogP contribution < -0.4 is 4.74 Å². The maximum absolute atomic E-state index is 12.3. The van der Waals surface area contributed by atoms with E-state index in [2.05, 4.69) is 4.90 Å². The van der Waals surface area contributed by atoms with Gasteiger partial charge in [0, 0.05) is 32.7 Å². The molecule has 0 spiro atoms. The molecule has 7 heteroatoms. The van der Waals surface area contributed by atoms with Crippen molar-refractivity contribution < 1.29 is 24.2 Å². The van der Waals surface area contributed by atoms with Crippen molar-refractivity contribution in [1.29, 1.82) is 0 Å². The van der Waals surface area contributed by atoms with Gasteiger partial charge in [-0.1, -0.05) is 30.3 Å². The number of carbonyl (C=O) groups excluding carboxylic acids is 2. The summed E-state index contributed by atoms with van der Waals surface area (Å²) < 4.78 is 10.8. The molecule has 0 bridgehead atoms. The molecule has 0 unspecified atom stereocenters. The highest BCUT2D eigenvalue weighted by molar-refractivity contribution is 5.94. The Balaban J connectivity index is 1.37. The molecular weight excluding hydrogens is 372 g/mol. The number of esters is 1. The lowest BCUT2D eigenvalue weighted by molar-refractivity contribution is -0.136. The quantitative estimate of drug-likeness (QED) is 0.720. The fourth-order valence-electron chi connectivity index (χ4n) is 3.15. The van der Waals surface area contributed by atoms with Crippen molar-refractivity contribution in [3.05, 3.63) is 59.7 Å². The Morgan fingerprint density at radius 3 is 2.45 bits per heavy atom. The largest absolute Gasteiger partial charge is 0.507 e. The highest BCUT2D eigenvalue weighted by Gasteiger charge is 2.23. The summed E-state index contributed by atoms with van der Waals surface area (Å²) in [5.41, 5.74) is 0.652. The Hall–Kier alpha value is -3.06. The van der Waals surface area contributed by atoms with E-state index in [1.54, 1.807) is 24.0 Å². The lowest BCUT2D eigenvalue weighted by Crippen LogP contribution is -2.50. The van der Waals surface area contributed by atoms with Crippen molar-refractivity contribution in [2.75, 3.05) is 45.9 Å². The van der Waals surface area contributed by atoms with E-state index < -0.39 is 5.97 Å². The van der Waals surface area contributed by atoms with Crippen LogP contribution in [-0.2, 0) is 9.53 Å². The van der Waals surface area contributed by atoms with Crippen molar-refractivity contribution in [3.8, 4) is 11.5 Å². The van der Waals surface area contributed by atoms with E-state index in [4.69, 9.17) is 9.47 Å². The minimum atomic E-state index is -0.698. The number of hydrogen-bond donors (Lipinski definition) is 1. The number of phenols is 1. The van der Waals surface area contributed by atoms with Gasteiger partial charge < -0.3 is 19.5 Å². The van der Waals surface area contributed by atoms with Crippen LogP contribution in [0.1, 0.15) is 15.9 Å². The molecule has 0 aliphatic carbocycles. The number of aryl methyl sites for hydroxylation is 1. The third kappa shape index (κ3) is 5.71. The molecule has 1 fully saturated rings. The molecule has 29 heavy (non-hydrogen) atoms. The lowest BCUT2D eigenvalue weighted by Gasteiger charge is -2.34. The van der Waals surface area contributed by atoms with Crippen LogP contribution in [0.4, 0.5) is 0 Å². The summed E-state index contributed by atoms with van der Waals surface area (Å²) in [4.78, 5) is 28.4. The lowest BCUT2D eigenvalue weighted by atomic mass is 10.1. The third-order valence-corrected chi connectivity index (χ3v) is 4.93. The fourth-order valence-corrected chi connectivity index (χ4v) is 3.15. The van der Waals surface area contributed by atoms with Gasteiger partial charge in [-0.15, -0.1) is 0 Å². The fraction of sp³-hybridized carbons (Fsp3) is 0.364. The monoisotopic (exact) mass is 398 g/mol. The molecule has 3 rings (SSSR count). The number of aromatic hydroxyl groups is 1. The molecule has 2 aromatic rings. The molecule has 0 aromatic heterocycles. The molecule has 1 heterocycles. The number of ether oxygens (including phenoxy) is 2. The summed E-state index contributed by atoms with van der Waals surface area (Å²) in [5, 5.41) is 9.94. The zero-order valence-corrected chi connectivity index (χ0v) is 16.5. The number of nitrogens with zero attached hydrogens (tertiary/aromatic N) is 2. The molecule has 1 saturated heterocycles. The van der Waals surface area contributed by atoms with Gasteiger partial charge in [0.15, 0.2) is 6.61 Å². The zero-order valence-electron chi connectivity index (χ0n) is 16.5. The van der Waals surface area contributed by atoms with Gasteiger partial charge in [-0.3, -0.25) is 9.69 Å². The number of amides is 1. The second-order valence-electron chi connectivity index (χ2n) is 6.93. The molecule has 1 amide bonds. The van der Waals surface area contributed by atoms with Gasteiger partial charge in [0.1, 0.15) is 23.7 Å². The third-order valence-electron chi connectivity index (χ3n) is 4.93. The number of phenolic OH excluding ortho intramolecular Hbond substituents is 1. The topological polar surface area (TPSA) is 79.3 Å². The minimum absolute atomic E-state index is 0.0704. The molecule has 1 N–H and O–H groups in total. The SMILES string of the molecule is Cc1cccc(C(=O)OCC(=O)N2CCN(CCOc3ccccc3)CC2)c1O. The van der Waals surface area contributed by atoms with E-state index >= 15 is 0 Å². The predicted molar refractivity (Wildman–Crippen MR) is 108 cm³/mol. The summed E-state index contributed by atoms with van der Waals surface area (Å²) in [5.74, 6) is -0.194. The summed E-state index contributed by atoms with van der Waals surface area (Å²) in [6.45, 7) is 5.40. The molecule has 0 radical (unpaired) electrons. The number of rotatable bonds is 7. The van der Waals surface area contributed by atoms with Crippen LogP contribution in [0.25, 0.3) is 0 Å². The maximum Gasteiger partial charge on any atom is 0.342 e. The van der Waals surface area contributed by atoms with E-state index in [0.29, 0.717) is 25.3 Å². The van der Waals surface area contributed by atoms with Crippen LogP contribution in [0.15, 0.2) is 48.5 Å². The normalized spacial score (nSPS) is 14.4. The summed E-state index contributed by atoms with van der Waals surface area (Å²) in [6, 6.07) is 14.5. The van der Waals surface area contributed by atoms with Gasteiger partial charge in [-0.05, 0) is 30.7 Å². The van der Waals surface area contributed by atoms with Gasteiger partial charge in [0.2, 0.25) is 0 Å². The summed E-state index contributed by atoms with van der Waals surface area (Å²) >= 11 is 0. The standard InChI is InChI=1S/C22H26N2O5/c1-17-6-5-9-19(21(17)26)22(27)29-16-20(25)24-12-10-23(11-13-24)14-15-28-18-7-3-2-4-8-18/h2-9,26H,10-16H2,1H3. The van der Waals surface area contributed by atoms with Gasteiger partial charge in [-0.2, -0.15) is 0 Å². The summed E-state index contributed by atoms with van der Waals surface area (Å²) in [6.07, 6.45) is 0. The van der Waals surface area contributed by atoms with Crippen LogP contribution in [0.2, 0.25) is 0 Å². The molecule has 0 atom stereocenters. The Bertz CT molecular complexity index is 832. The average molecular weight is 398 g/mol. The van der Waals surface area contributed by atoms with Gasteiger partial charge in [-0.25, -0.2) is 4.79 Å². The smallest absolute Gasteiger partial charge is 0.342 e. The number of carbonyl (C=O) groups is 2. The Morgan fingerprint density at radius 2 is 1.72 bits per heavy atom. The second-order valence-corrected chi connectivity index (χ2v) is 6.93. The molecule has 154 valence electrons. The van der Waals surface area contributed by atoms with Crippen LogP contribution in [0.3, 0.4) is 0 Å². The number of benzene rings is 2. The first-order chi connectivity index (χ1) is 14.0. The predicted octanol–water partition coefficient (Wildman–Crippen LogP) is 2.08. The van der Waals surface area contributed by atoms with Crippen LogP contribution >= 0.6 is 0 Å². The van der Waals surface area contributed by atoms with Gasteiger partial charge in [0.25, 0.3) is 5.91 Å². The second kappa shape index (κ2) is 9.93. The Labute approximate surface area is 170 Å². The van der Waals surface area contributed by atoms with Crippen molar-refractivity contribution in [1.82, 2.24) is 9.80 Å². The zero-order chi connectivity index (χ0) is 20.6. The van der Waals surface area contributed by atoms with E-state index in [-0.39, 0.29) is 23.8 Å². The van der Waals surface area contributed by atoms with E-state index in [1.165, 1.54) is 6.07 Å². The molecule has 0 saturated carbocycles. The first-order valence-electron chi connectivity index (χ1n) is 9.68. The summed E-state index contributed by atoms with van der Waals surface area (Å²) in [7, 11) is 0. The minimum Gasteiger partial charge on any atom is -0.507 e. The van der Waals surface area contributed by atoms with E-state index in [1.807, 2.05) is 30.3 Å². The molecule has 1 aliphatic rings. The molecule has 7 nitrogen and oxygen atoms in total. The van der Waals surface area contributed by atoms with Gasteiger partial charge >= 0.3 is 5.97 Å². The number of para-hydroxylation sites is 2. The van der Waals surface area contributed by atoms with Crippen LogP contribution in [0.5, 0.6) is 11.5 Å². The van der Waals surface area contributed by atoms with Gasteiger partial charge in [0.05, 0.1) is 0 Å². The highest BCUT2D eigenvalue weighted by Crippen LogP contribution is 2.22. The van der Waals surface area contributed by atoms with Crippen molar-refractivity contribution >= 4 is 11.9 Å². The molecule has 1 aliphatic heterocycles. The van der Waals surface area contributed by atoms with Crippen molar-refractivity contribution in [2.45, 2.75) is 6.92 Å². The first kappa shape index (κ1) is 20.7. The van der Waals surface area contributed by atoms with Crippen LogP contribution in [0, 0.1) is 6.92 Å². The maximum atomic E-state index is 12.3. The van der Waals surface area contributed by atoms with Crippen molar-refractivity contribution in [3.63, 3.8) is 0 Å². The number of piperazine rings is 1. The molecule has 2 aromatic carbocycles. The Kier molecular flexibility index (Phi) is 7.08. The number of hydrogen-bond acceptors (Lipinski definition) is 6. The Morgan fingerprint density at radius 1 is 1.00 bits per heavy atom. The molecular formula is C22H26N2O5. The van der Waals surface area contributed by atoms with E-state index in [0.717, 1.165) is 25.4 Å². The van der Waals surface area contributed by atoms with Crippen molar-refractivity contribution in [2.24, 2.45) is 0 Å². The average Bonchev–Trinajstić information content (AvgIpc) is 2.75.